The number of carboxylic acids is 1. The molecule has 2 heterocycles. The second-order valence-corrected chi connectivity index (χ2v) is 11.4. The van der Waals surface area contributed by atoms with Gasteiger partial charge in [0.25, 0.3) is 0 Å². The third-order valence-electron chi connectivity index (χ3n) is 6.92. The first-order chi connectivity index (χ1) is 20.3. The first-order valence-corrected chi connectivity index (χ1v) is 14.9. The van der Waals surface area contributed by atoms with Crippen LogP contribution in [-0.2, 0) is 14.4 Å². The van der Waals surface area contributed by atoms with Crippen LogP contribution in [0.5, 0.6) is 11.5 Å². The molecule has 5 rings (SSSR count). The molecule has 214 valence electrons. The molecule has 0 atom stereocenters. The molecule has 1 fully saturated rings. The van der Waals surface area contributed by atoms with Gasteiger partial charge in [-0.05, 0) is 71.6 Å². The number of fused-ring (bicyclic) bond motifs is 1. The van der Waals surface area contributed by atoms with Gasteiger partial charge >= 0.3 is 5.97 Å². The molecular formula is C32H26Cl2N2O5S. The van der Waals surface area contributed by atoms with E-state index in [1.165, 1.54) is 17.4 Å². The fraction of sp³-hybridized carbons (Fsp3) is 0.188. The summed E-state index contributed by atoms with van der Waals surface area (Å²) in [6.45, 7) is 0.754. The highest BCUT2D eigenvalue weighted by atomic mass is 35.5. The fourth-order valence-corrected chi connectivity index (χ4v) is 6.18. The number of ether oxygens (including phenoxy) is 1. The number of benzene rings is 3. The van der Waals surface area contributed by atoms with E-state index < -0.39 is 24.2 Å². The number of hydrogen-bond donors (Lipinski definition) is 1. The van der Waals surface area contributed by atoms with Crippen molar-refractivity contribution in [2.24, 2.45) is 10.9 Å². The van der Waals surface area contributed by atoms with E-state index in [0.29, 0.717) is 58.6 Å². The number of nitrogens with zero attached hydrogens (tertiary/aromatic N) is 2. The minimum Gasteiger partial charge on any atom is -0.481 e. The fourth-order valence-electron chi connectivity index (χ4n) is 4.74. The molecule has 0 unspecified atom stereocenters. The lowest BCUT2D eigenvalue weighted by molar-refractivity contribution is -0.135. The predicted octanol–water partition coefficient (Wildman–Crippen LogP) is 7.74. The van der Waals surface area contributed by atoms with Gasteiger partial charge < -0.3 is 14.7 Å². The van der Waals surface area contributed by atoms with Gasteiger partial charge in [-0.3, -0.25) is 14.4 Å². The molecular weight excluding hydrogens is 595 g/mol. The molecule has 0 aliphatic carbocycles. The summed E-state index contributed by atoms with van der Waals surface area (Å²) in [6.07, 6.45) is 3.56. The molecule has 1 N–H and O–H groups in total. The van der Waals surface area contributed by atoms with Crippen LogP contribution < -0.4 is 4.74 Å². The van der Waals surface area contributed by atoms with E-state index in [9.17, 15) is 19.5 Å². The summed E-state index contributed by atoms with van der Waals surface area (Å²) in [6, 6.07) is 19.9. The van der Waals surface area contributed by atoms with E-state index in [1.807, 2.05) is 47.8 Å². The molecule has 4 aromatic rings. The van der Waals surface area contributed by atoms with Crippen molar-refractivity contribution in [1.82, 2.24) is 4.90 Å². The van der Waals surface area contributed by atoms with Crippen LogP contribution in [0.2, 0.25) is 10.0 Å². The highest BCUT2D eigenvalue weighted by molar-refractivity contribution is 7.18. The Balaban J connectivity index is 1.23. The van der Waals surface area contributed by atoms with E-state index >= 15 is 0 Å². The number of likely N-dealkylation sites (tertiary alicyclic amines) is 1. The third-order valence-corrected chi connectivity index (χ3v) is 8.87. The SMILES string of the molecule is O=C(O)CC(=NC(=O)C1CCN(C(=O)/C=C/c2cc3ccsc3c(Cl)c2Cl)CC1)c1cccc(Oc2ccccc2)c1. The molecule has 1 saturated heterocycles. The molecule has 42 heavy (non-hydrogen) atoms. The van der Waals surface area contributed by atoms with E-state index in [4.69, 9.17) is 27.9 Å². The molecule has 1 aromatic heterocycles. The zero-order valence-electron chi connectivity index (χ0n) is 22.3. The van der Waals surface area contributed by atoms with Crippen LogP contribution in [0, 0.1) is 5.92 Å². The normalized spacial score (nSPS) is 14.4. The highest BCUT2D eigenvalue weighted by Gasteiger charge is 2.27. The van der Waals surface area contributed by atoms with E-state index in [2.05, 4.69) is 4.99 Å². The largest absolute Gasteiger partial charge is 0.481 e. The number of rotatable bonds is 8. The van der Waals surface area contributed by atoms with Crippen molar-refractivity contribution in [3.63, 3.8) is 0 Å². The Morgan fingerprint density at radius 2 is 1.71 bits per heavy atom. The monoisotopic (exact) mass is 620 g/mol. The van der Waals surface area contributed by atoms with Crippen LogP contribution in [0.25, 0.3) is 16.2 Å². The Morgan fingerprint density at radius 3 is 2.45 bits per heavy atom. The number of hydrogen-bond acceptors (Lipinski definition) is 5. The second kappa shape index (κ2) is 13.3. The van der Waals surface area contributed by atoms with Crippen molar-refractivity contribution < 1.29 is 24.2 Å². The van der Waals surface area contributed by atoms with Crippen LogP contribution in [-0.4, -0.2) is 46.6 Å². The Kier molecular flexibility index (Phi) is 9.37. The summed E-state index contributed by atoms with van der Waals surface area (Å²) in [4.78, 5) is 43.5. The molecule has 1 aliphatic heterocycles. The van der Waals surface area contributed by atoms with Gasteiger partial charge in [0.2, 0.25) is 11.8 Å². The minimum atomic E-state index is -1.09. The number of carboxylic acid groups (broad SMARTS) is 1. The first-order valence-electron chi connectivity index (χ1n) is 13.3. The lowest BCUT2D eigenvalue weighted by Gasteiger charge is -2.29. The van der Waals surface area contributed by atoms with E-state index in [1.54, 1.807) is 35.2 Å². The standard InChI is InChI=1S/C32H26Cl2N2O5S/c33-29-22(17-23-13-16-42-31(23)30(29)34)9-10-27(37)36-14-11-20(12-15-36)32(40)35-26(19-28(38)39)21-5-4-8-25(18-21)41-24-6-2-1-3-7-24/h1-10,13,16-18,20H,11-12,14-15,19H2,(H,38,39)/b10-9+,35-26?. The average Bonchev–Trinajstić information content (AvgIpc) is 3.47. The molecule has 3 aromatic carbocycles. The number of aliphatic carboxylic acids is 1. The quantitative estimate of drug-likeness (QED) is 0.160. The van der Waals surface area contributed by atoms with Gasteiger partial charge in [-0.15, -0.1) is 11.3 Å². The van der Waals surface area contributed by atoms with Gasteiger partial charge in [0.05, 0.1) is 26.9 Å². The van der Waals surface area contributed by atoms with Gasteiger partial charge in [-0.25, -0.2) is 4.99 Å². The van der Waals surface area contributed by atoms with Gasteiger partial charge in [-0.2, -0.15) is 0 Å². The van der Waals surface area contributed by atoms with Crippen LogP contribution in [0.1, 0.15) is 30.4 Å². The summed E-state index contributed by atoms with van der Waals surface area (Å²) in [5, 5.41) is 13.2. The molecule has 0 bridgehead atoms. The minimum absolute atomic E-state index is 0.158. The number of aliphatic imine (C=N–C) groups is 1. The van der Waals surface area contributed by atoms with Crippen molar-refractivity contribution >= 4 is 74.2 Å². The summed E-state index contributed by atoms with van der Waals surface area (Å²) >= 11 is 14.3. The maximum Gasteiger partial charge on any atom is 0.309 e. The summed E-state index contributed by atoms with van der Waals surface area (Å²) < 4.78 is 6.76. The number of piperidine rings is 1. The molecule has 1 aliphatic rings. The summed E-state index contributed by atoms with van der Waals surface area (Å²) in [5.41, 5.74) is 1.31. The van der Waals surface area contributed by atoms with Crippen LogP contribution in [0.15, 0.2) is 83.2 Å². The molecule has 0 radical (unpaired) electrons. The van der Waals surface area contributed by atoms with E-state index in [0.717, 1.165) is 10.1 Å². The maximum atomic E-state index is 13.1. The highest BCUT2D eigenvalue weighted by Crippen LogP contribution is 2.37. The Labute approximate surface area is 256 Å². The van der Waals surface area contributed by atoms with Crippen LogP contribution in [0.3, 0.4) is 0 Å². The molecule has 0 spiro atoms. The zero-order valence-corrected chi connectivity index (χ0v) is 24.7. The van der Waals surface area contributed by atoms with Crippen molar-refractivity contribution in [3.05, 3.63) is 99.4 Å². The molecule has 7 nitrogen and oxygen atoms in total. The molecule has 2 amide bonds. The summed E-state index contributed by atoms with van der Waals surface area (Å²) in [7, 11) is 0. The topological polar surface area (TPSA) is 96.3 Å². The third kappa shape index (κ3) is 7.07. The number of amides is 2. The first kappa shape index (κ1) is 29.5. The van der Waals surface area contributed by atoms with Crippen LogP contribution >= 0.6 is 34.5 Å². The lowest BCUT2D eigenvalue weighted by atomic mass is 9.95. The Morgan fingerprint density at radius 1 is 0.976 bits per heavy atom. The van der Waals surface area contributed by atoms with Crippen LogP contribution in [0.4, 0.5) is 0 Å². The number of carbonyl (C=O) groups is 3. The second-order valence-electron chi connectivity index (χ2n) is 9.78. The predicted molar refractivity (Wildman–Crippen MR) is 167 cm³/mol. The summed E-state index contributed by atoms with van der Waals surface area (Å²) in [5.74, 6) is -0.961. The number of thiophene rings is 1. The smallest absolute Gasteiger partial charge is 0.309 e. The number of para-hydroxylation sites is 1. The van der Waals surface area contributed by atoms with Gasteiger partial charge in [0, 0.05) is 30.6 Å². The van der Waals surface area contributed by atoms with Gasteiger partial charge in [-0.1, -0.05) is 53.5 Å². The van der Waals surface area contributed by atoms with Gasteiger partial charge in [0.1, 0.15) is 11.5 Å². The molecule has 10 heteroatoms. The molecule has 0 saturated carbocycles. The Hall–Kier alpha value is -3.98. The Bertz CT molecular complexity index is 1690. The van der Waals surface area contributed by atoms with Crippen molar-refractivity contribution in [1.29, 1.82) is 0 Å². The van der Waals surface area contributed by atoms with Crippen molar-refractivity contribution in [3.8, 4) is 11.5 Å². The van der Waals surface area contributed by atoms with Crippen molar-refractivity contribution in [2.45, 2.75) is 19.3 Å². The van der Waals surface area contributed by atoms with Crippen molar-refractivity contribution in [2.75, 3.05) is 13.1 Å². The lowest BCUT2D eigenvalue weighted by Crippen LogP contribution is -2.39. The number of halogens is 2. The maximum absolute atomic E-state index is 13.1. The van der Waals surface area contributed by atoms with Gasteiger partial charge in [0.15, 0.2) is 0 Å². The number of carbonyl (C=O) groups excluding carboxylic acids is 2. The van der Waals surface area contributed by atoms with E-state index in [-0.39, 0.29) is 11.6 Å². The average molecular weight is 622 g/mol. The zero-order chi connectivity index (χ0) is 29.6.